The summed E-state index contributed by atoms with van der Waals surface area (Å²) in [5, 5.41) is 4.73. The predicted octanol–water partition coefficient (Wildman–Crippen LogP) is 0.753. The molecule has 2 N–H and O–H groups in total. The lowest BCUT2D eigenvalue weighted by atomic mass is 10.2. The molecule has 0 spiro atoms. The lowest BCUT2D eigenvalue weighted by Gasteiger charge is -2.23. The second-order valence-electron chi connectivity index (χ2n) is 6.76. The number of methoxy groups -OCH3 is 1. The van der Waals surface area contributed by atoms with Crippen LogP contribution in [0.4, 0.5) is 8.78 Å². The van der Waals surface area contributed by atoms with Crippen molar-refractivity contribution in [1.82, 2.24) is 14.9 Å². The number of halogens is 2. The molecule has 172 valence electrons. The highest BCUT2D eigenvalue weighted by atomic mass is 32.2. The Hall–Kier alpha value is -3.09. The van der Waals surface area contributed by atoms with Gasteiger partial charge in [0.15, 0.2) is 0 Å². The molecule has 1 aliphatic heterocycles. The van der Waals surface area contributed by atoms with Gasteiger partial charge in [0, 0.05) is 13.1 Å². The van der Waals surface area contributed by atoms with Gasteiger partial charge in [-0.1, -0.05) is 12.1 Å². The quantitative estimate of drug-likeness (QED) is 0.579. The number of nitrogens with one attached hydrogen (secondary N) is 2. The smallest absolute Gasteiger partial charge is 0.309 e. The van der Waals surface area contributed by atoms with E-state index >= 15 is 0 Å². The molecule has 9 nitrogen and oxygen atoms in total. The highest BCUT2D eigenvalue weighted by Gasteiger charge is 2.38. The molecular weight excluding hydrogens is 448 g/mol. The zero-order valence-corrected chi connectivity index (χ0v) is 17.8. The van der Waals surface area contributed by atoms with Crippen LogP contribution in [0.5, 0.6) is 5.75 Å². The Labute approximate surface area is 183 Å². The zero-order chi connectivity index (χ0) is 23.3. The number of rotatable bonds is 7. The highest BCUT2D eigenvalue weighted by molar-refractivity contribution is 7.89. The molecule has 1 fully saturated rings. The molecule has 0 radical (unpaired) electrons. The zero-order valence-electron chi connectivity index (χ0n) is 17.0. The lowest BCUT2D eigenvalue weighted by Crippen LogP contribution is -2.47. The fourth-order valence-corrected chi connectivity index (χ4v) is 4.60. The maximum atomic E-state index is 14.0. The van der Waals surface area contributed by atoms with Crippen molar-refractivity contribution in [2.24, 2.45) is 0 Å². The van der Waals surface area contributed by atoms with Gasteiger partial charge in [0.2, 0.25) is 10.0 Å². The van der Waals surface area contributed by atoms with Crippen LogP contribution in [0, 0.1) is 11.6 Å². The summed E-state index contributed by atoms with van der Waals surface area (Å²) in [5.74, 6) is -3.30. The van der Waals surface area contributed by atoms with E-state index in [1.165, 1.54) is 7.11 Å². The van der Waals surface area contributed by atoms with Gasteiger partial charge in [-0.05, 0) is 35.9 Å². The third-order valence-corrected chi connectivity index (χ3v) is 6.58. The number of ether oxygens (including phenoxy) is 2. The van der Waals surface area contributed by atoms with E-state index < -0.39 is 44.6 Å². The van der Waals surface area contributed by atoms with Crippen LogP contribution in [0.3, 0.4) is 0 Å². The van der Waals surface area contributed by atoms with Crippen LogP contribution in [0.15, 0.2) is 47.4 Å². The van der Waals surface area contributed by atoms with E-state index in [0.717, 1.165) is 15.9 Å². The van der Waals surface area contributed by atoms with Gasteiger partial charge < -0.3 is 20.1 Å². The monoisotopic (exact) mass is 469 g/mol. The summed E-state index contributed by atoms with van der Waals surface area (Å²) < 4.78 is 64.1. The molecule has 1 heterocycles. The summed E-state index contributed by atoms with van der Waals surface area (Å²) in [5.41, 5.74) is 0.737. The van der Waals surface area contributed by atoms with E-state index in [9.17, 15) is 26.8 Å². The van der Waals surface area contributed by atoms with Crippen molar-refractivity contribution in [2.45, 2.75) is 17.7 Å². The molecule has 1 saturated heterocycles. The van der Waals surface area contributed by atoms with Crippen molar-refractivity contribution >= 4 is 21.8 Å². The second-order valence-corrected chi connectivity index (χ2v) is 8.62. The molecular formula is C20H21F2N3O6S. The molecule has 2 aromatic rings. The number of amides is 2. The van der Waals surface area contributed by atoms with Gasteiger partial charge >= 0.3 is 11.8 Å². The summed E-state index contributed by atoms with van der Waals surface area (Å²) in [4.78, 5) is 23.2. The average Bonchev–Trinajstić information content (AvgIpc) is 3.27. The maximum Gasteiger partial charge on any atom is 0.309 e. The van der Waals surface area contributed by atoms with E-state index in [0.29, 0.717) is 17.9 Å². The minimum Gasteiger partial charge on any atom is -0.497 e. The first-order valence-corrected chi connectivity index (χ1v) is 10.9. The van der Waals surface area contributed by atoms with Crippen LogP contribution in [-0.2, 0) is 30.9 Å². The Morgan fingerprint density at radius 3 is 2.50 bits per heavy atom. The number of carbonyl (C=O) groups is 2. The number of hydrogen-bond acceptors (Lipinski definition) is 6. The van der Waals surface area contributed by atoms with E-state index in [2.05, 4.69) is 10.6 Å². The third kappa shape index (κ3) is 5.39. The van der Waals surface area contributed by atoms with Gasteiger partial charge in [-0.25, -0.2) is 17.2 Å². The molecule has 3 rings (SSSR count). The predicted molar refractivity (Wildman–Crippen MR) is 108 cm³/mol. The van der Waals surface area contributed by atoms with Crippen molar-refractivity contribution in [3.8, 4) is 5.75 Å². The van der Waals surface area contributed by atoms with Crippen molar-refractivity contribution in [3.63, 3.8) is 0 Å². The first-order valence-electron chi connectivity index (χ1n) is 9.50. The van der Waals surface area contributed by atoms with E-state index in [4.69, 9.17) is 9.47 Å². The summed E-state index contributed by atoms with van der Waals surface area (Å²) in [6, 6.07) is 8.94. The van der Waals surface area contributed by atoms with Gasteiger partial charge in [-0.2, -0.15) is 4.31 Å². The summed E-state index contributed by atoms with van der Waals surface area (Å²) in [6.07, 6.45) is -1.18. The fraction of sp³-hybridized carbons (Fsp3) is 0.300. The highest BCUT2D eigenvalue weighted by Crippen LogP contribution is 2.25. The van der Waals surface area contributed by atoms with E-state index in [-0.39, 0.29) is 26.2 Å². The standard InChI is InChI=1S/C20H21F2N3O6S/c1-30-15-5-2-13(3-6-15)11-23-19(26)20(27)24-12-18-25(8-9-31-18)32(28,29)17-10-14(21)4-7-16(17)22/h2-7,10,18H,8-9,11-12H2,1H3,(H,23,26)(H,24,27). The SMILES string of the molecule is COc1ccc(CNC(=O)C(=O)NCC2OCCN2S(=O)(=O)c2cc(F)ccc2F)cc1. The van der Waals surface area contributed by atoms with Crippen LogP contribution in [0.1, 0.15) is 5.56 Å². The number of hydrogen-bond donors (Lipinski definition) is 2. The summed E-state index contributed by atoms with van der Waals surface area (Å²) in [7, 11) is -2.91. The van der Waals surface area contributed by atoms with Crippen LogP contribution in [0.2, 0.25) is 0 Å². The van der Waals surface area contributed by atoms with E-state index in [1.54, 1.807) is 24.3 Å². The molecule has 32 heavy (non-hydrogen) atoms. The van der Waals surface area contributed by atoms with Gasteiger partial charge in [0.1, 0.15) is 28.5 Å². The fourth-order valence-electron chi connectivity index (χ4n) is 3.01. The summed E-state index contributed by atoms with van der Waals surface area (Å²) in [6.45, 7) is -0.399. The lowest BCUT2D eigenvalue weighted by molar-refractivity contribution is -0.139. The van der Waals surface area contributed by atoms with Crippen molar-refractivity contribution in [3.05, 3.63) is 59.7 Å². The van der Waals surface area contributed by atoms with Crippen LogP contribution in [0.25, 0.3) is 0 Å². The first kappa shape index (κ1) is 23.6. The van der Waals surface area contributed by atoms with Gasteiger partial charge in [0.25, 0.3) is 0 Å². The molecule has 1 unspecified atom stereocenters. The largest absolute Gasteiger partial charge is 0.497 e. The van der Waals surface area contributed by atoms with Gasteiger partial charge in [0.05, 0.1) is 20.3 Å². The summed E-state index contributed by atoms with van der Waals surface area (Å²) >= 11 is 0. The van der Waals surface area contributed by atoms with Crippen molar-refractivity contribution < 1.29 is 36.3 Å². The number of benzene rings is 2. The van der Waals surface area contributed by atoms with Gasteiger partial charge in [-0.15, -0.1) is 0 Å². The van der Waals surface area contributed by atoms with Gasteiger partial charge in [-0.3, -0.25) is 9.59 Å². The molecule has 0 bridgehead atoms. The van der Waals surface area contributed by atoms with E-state index in [1.807, 2.05) is 0 Å². The Morgan fingerprint density at radius 1 is 1.12 bits per heavy atom. The van der Waals surface area contributed by atoms with Crippen LogP contribution in [-0.4, -0.2) is 57.6 Å². The normalized spacial score (nSPS) is 16.5. The molecule has 0 aromatic heterocycles. The molecule has 12 heteroatoms. The molecule has 2 amide bonds. The minimum absolute atomic E-state index is 0.0135. The minimum atomic E-state index is -4.43. The molecule has 1 aliphatic rings. The average molecular weight is 469 g/mol. The Bertz CT molecular complexity index is 1100. The molecule has 2 aromatic carbocycles. The Morgan fingerprint density at radius 2 is 1.81 bits per heavy atom. The van der Waals surface area contributed by atoms with Crippen molar-refractivity contribution in [1.29, 1.82) is 0 Å². The number of nitrogens with zero attached hydrogens (tertiary/aromatic N) is 1. The molecule has 1 atom stereocenters. The first-order chi connectivity index (χ1) is 15.2. The third-order valence-electron chi connectivity index (χ3n) is 4.68. The van der Waals surface area contributed by atoms with Crippen molar-refractivity contribution in [2.75, 3.05) is 26.8 Å². The maximum absolute atomic E-state index is 14.0. The number of carbonyl (C=O) groups excluding carboxylic acids is 2. The second kappa shape index (κ2) is 10.0. The van der Waals surface area contributed by atoms with Crippen LogP contribution < -0.4 is 15.4 Å². The Kier molecular flexibility index (Phi) is 7.38. The Balaban J connectivity index is 1.57. The molecule has 0 saturated carbocycles. The molecule has 0 aliphatic carbocycles. The number of sulfonamides is 1. The topological polar surface area (TPSA) is 114 Å². The van der Waals surface area contributed by atoms with Crippen LogP contribution >= 0.6 is 0 Å².